The Balaban J connectivity index is 0.00000117. The van der Waals surface area contributed by atoms with Crippen molar-refractivity contribution in [3.05, 3.63) is 132 Å². The number of aryl methyl sites for hydroxylation is 2. The molecule has 6 heteroatoms. The standard InChI is InChI=1S/2C29H39O.2CH3.2ClH.Si.Zr/c2*1-18-12-19-16-24(29(8,9)10)26(30-11)25(23(19)13-18)20-14-21(27(2,3)4)17-22(15-20)28(5,6)7;;;;;;/h2*12-17H,1-11H3;2*1H3;2*1H;;/q4*-1;;;;. The summed E-state index contributed by atoms with van der Waals surface area (Å²) in [5.41, 5.74) is 15.8. The van der Waals surface area contributed by atoms with E-state index in [1.54, 1.807) is 0 Å². The van der Waals surface area contributed by atoms with Crippen molar-refractivity contribution in [2.75, 3.05) is 14.2 Å². The van der Waals surface area contributed by atoms with Gasteiger partial charge in [0.05, 0.1) is 14.2 Å². The van der Waals surface area contributed by atoms with E-state index in [0.29, 0.717) is 0 Å². The Morgan fingerprint density at radius 2 is 0.636 bits per heavy atom. The molecule has 0 spiro atoms. The van der Waals surface area contributed by atoms with Gasteiger partial charge in [0.1, 0.15) is 11.5 Å². The molecule has 0 aromatic heterocycles. The maximum absolute atomic E-state index is 6.13. The molecule has 0 saturated heterocycles. The van der Waals surface area contributed by atoms with Crippen LogP contribution in [0.3, 0.4) is 0 Å². The van der Waals surface area contributed by atoms with Gasteiger partial charge in [-0.2, -0.15) is 12.1 Å². The molecular weight excluding hydrogens is 943 g/mol. The van der Waals surface area contributed by atoms with Crippen LogP contribution in [0.2, 0.25) is 0 Å². The third kappa shape index (κ3) is 14.2. The number of hydrogen-bond donors (Lipinski definition) is 0. The molecule has 0 saturated carbocycles. The molecule has 0 atom stereocenters. The summed E-state index contributed by atoms with van der Waals surface area (Å²) in [6.45, 7) is 48.6. The van der Waals surface area contributed by atoms with E-state index in [9.17, 15) is 0 Å². The van der Waals surface area contributed by atoms with Gasteiger partial charge >= 0.3 is 30.2 Å². The first-order valence-corrected chi connectivity index (χ1v) is 26.6. The van der Waals surface area contributed by atoms with Crippen LogP contribution in [0, 0.1) is 28.7 Å². The summed E-state index contributed by atoms with van der Waals surface area (Å²) in [5.74, 6) is 2.01. The number of benzene rings is 4. The van der Waals surface area contributed by atoms with Crippen LogP contribution in [0.25, 0.3) is 43.8 Å². The molecule has 6 rings (SSSR count). The SMILES string of the molecule is COc1c(C(C)(C)C)cc2[cH-]c(C)cc2c1-c1cc(C(C)(C)C)cc(C(C)(C)C)c1.COc1c(C(C)(C)C)cc2[cH-]c(C)cc2c1-c1cc(C(C)(C)C)cc(C(C)(C)C)c1.Cl.Cl.[CH3-].[CH3-].[Si]=[Zr]. The van der Waals surface area contributed by atoms with Crippen LogP contribution in [0.5, 0.6) is 11.5 Å². The summed E-state index contributed by atoms with van der Waals surface area (Å²) >= 11 is 1.36. The molecular formula is C60H86Cl2O2SiZr-4. The Morgan fingerprint density at radius 3 is 0.833 bits per heavy atom. The van der Waals surface area contributed by atoms with Gasteiger partial charge in [-0.3, -0.25) is 0 Å². The first kappa shape index (κ1) is 63.4. The van der Waals surface area contributed by atoms with E-state index in [4.69, 9.17) is 9.47 Å². The van der Waals surface area contributed by atoms with E-state index in [-0.39, 0.29) is 72.2 Å². The van der Waals surface area contributed by atoms with Crippen LogP contribution in [-0.4, -0.2) is 21.1 Å². The molecule has 0 aliphatic carbocycles. The average molecular weight is 1030 g/mol. The summed E-state index contributed by atoms with van der Waals surface area (Å²) in [5, 5.41) is 5.16. The monoisotopic (exact) mass is 1030 g/mol. The summed E-state index contributed by atoms with van der Waals surface area (Å²) < 4.78 is 12.3. The molecule has 0 amide bonds. The average Bonchev–Trinajstić information content (AvgIpc) is 3.71. The number of ether oxygens (including phenoxy) is 2. The second-order valence-corrected chi connectivity index (χ2v) is 23.8. The first-order chi connectivity index (χ1) is 28.2. The summed E-state index contributed by atoms with van der Waals surface area (Å²) in [7, 11) is 3.63. The number of hydrogen-bond acceptors (Lipinski definition) is 2. The molecule has 2 radical (unpaired) electrons. The van der Waals surface area contributed by atoms with E-state index in [1.807, 2.05) is 14.2 Å². The Labute approximate surface area is 434 Å². The summed E-state index contributed by atoms with van der Waals surface area (Å²) in [4.78, 5) is 0. The van der Waals surface area contributed by atoms with Crippen LogP contribution < -0.4 is 9.47 Å². The van der Waals surface area contributed by atoms with Crippen LogP contribution in [-0.2, 0) is 55.8 Å². The van der Waals surface area contributed by atoms with Crippen LogP contribution in [0.4, 0.5) is 0 Å². The van der Waals surface area contributed by atoms with Crippen molar-refractivity contribution in [1.82, 2.24) is 0 Å². The zero-order chi connectivity index (χ0) is 47.3. The molecule has 0 bridgehead atoms. The zero-order valence-electron chi connectivity index (χ0n) is 45.6. The number of fused-ring (bicyclic) bond motifs is 2. The van der Waals surface area contributed by atoms with Gasteiger partial charge in [-0.05, 0) is 88.1 Å². The maximum atomic E-state index is 6.13. The fraction of sp³-hybridized carbons (Fsp3) is 0.467. The molecule has 0 aliphatic heterocycles. The molecule has 2 nitrogen and oxygen atoms in total. The first-order valence-electron chi connectivity index (χ1n) is 22.4. The predicted molar refractivity (Wildman–Crippen MR) is 298 cm³/mol. The second kappa shape index (κ2) is 22.9. The molecule has 0 aliphatic rings. The van der Waals surface area contributed by atoms with E-state index < -0.39 is 0 Å². The molecule has 0 unspecified atom stereocenters. The molecule has 0 heterocycles. The quantitative estimate of drug-likeness (QED) is 0.129. The molecule has 6 aromatic rings. The van der Waals surface area contributed by atoms with Crippen molar-refractivity contribution in [3.63, 3.8) is 0 Å². The van der Waals surface area contributed by atoms with Gasteiger partial charge in [-0.1, -0.05) is 175 Å². The van der Waals surface area contributed by atoms with Crippen LogP contribution in [0.15, 0.2) is 72.8 Å². The van der Waals surface area contributed by atoms with Gasteiger partial charge in [0.2, 0.25) is 0 Å². The van der Waals surface area contributed by atoms with Crippen molar-refractivity contribution in [2.24, 2.45) is 0 Å². The van der Waals surface area contributed by atoms with Crippen molar-refractivity contribution in [2.45, 2.75) is 171 Å². The Morgan fingerprint density at radius 1 is 0.394 bits per heavy atom. The van der Waals surface area contributed by atoms with Crippen molar-refractivity contribution < 1.29 is 32.8 Å². The Kier molecular flexibility index (Phi) is 22.0. The third-order valence-corrected chi connectivity index (χ3v) is 12.1. The van der Waals surface area contributed by atoms with Crippen molar-refractivity contribution in [1.29, 1.82) is 0 Å². The number of halogens is 2. The third-order valence-electron chi connectivity index (χ3n) is 12.1. The Hall–Kier alpha value is -2.62. The van der Waals surface area contributed by atoms with Gasteiger partial charge in [0, 0.05) is 0 Å². The normalized spacial score (nSPS) is 12.0. The van der Waals surface area contributed by atoms with Crippen molar-refractivity contribution in [3.8, 4) is 33.8 Å². The van der Waals surface area contributed by atoms with E-state index in [1.165, 1.54) is 112 Å². The van der Waals surface area contributed by atoms with Gasteiger partial charge in [0.15, 0.2) is 0 Å². The van der Waals surface area contributed by atoms with Gasteiger partial charge in [-0.25, -0.2) is 0 Å². The molecule has 66 heavy (non-hydrogen) atoms. The van der Waals surface area contributed by atoms with Crippen LogP contribution >= 0.6 is 24.8 Å². The molecule has 364 valence electrons. The molecule has 0 N–H and O–H groups in total. The molecule has 6 aromatic carbocycles. The Bertz CT molecular complexity index is 2300. The van der Waals surface area contributed by atoms with E-state index >= 15 is 0 Å². The van der Waals surface area contributed by atoms with Crippen LogP contribution in [0.1, 0.15) is 169 Å². The minimum absolute atomic E-state index is 0. The fourth-order valence-electron chi connectivity index (χ4n) is 8.37. The second-order valence-electron chi connectivity index (χ2n) is 23.8. The zero-order valence-corrected chi connectivity index (χ0v) is 50.7. The van der Waals surface area contributed by atoms with Gasteiger partial charge in [-0.15, -0.1) is 81.8 Å². The number of methoxy groups -OCH3 is 2. The fourth-order valence-corrected chi connectivity index (χ4v) is 8.37. The van der Waals surface area contributed by atoms with Gasteiger partial charge in [0.25, 0.3) is 0 Å². The summed E-state index contributed by atoms with van der Waals surface area (Å²) in [6.07, 6.45) is 0. The predicted octanol–water partition coefficient (Wildman–Crippen LogP) is 18.2. The van der Waals surface area contributed by atoms with Gasteiger partial charge < -0.3 is 24.3 Å². The topological polar surface area (TPSA) is 18.5 Å². The minimum atomic E-state index is -0.00600. The van der Waals surface area contributed by atoms with E-state index in [0.717, 1.165) is 11.5 Å². The van der Waals surface area contributed by atoms with Crippen molar-refractivity contribution >= 4 is 53.2 Å². The number of rotatable bonds is 4. The van der Waals surface area contributed by atoms with E-state index in [2.05, 4.69) is 218 Å². The summed E-state index contributed by atoms with van der Waals surface area (Å²) in [6, 6.07) is 28.1. The molecule has 0 fully saturated rings.